The highest BCUT2D eigenvalue weighted by Gasteiger charge is 2.08. The number of methoxy groups -OCH3 is 1. The van der Waals surface area contributed by atoms with Gasteiger partial charge in [-0.05, 0) is 30.7 Å². The Morgan fingerprint density at radius 2 is 1.96 bits per heavy atom. The standard InChI is InChI=1S/C17H17Cl2N3O4/c1-25-16-7-4-11(10-20-16)17(24)22-21-15(23)3-2-8-26-14-6-5-12(18)9-13(14)19/h4-7,9-10H,2-3,8H2,1H3,(H,21,23)(H,22,24). The number of benzene rings is 1. The zero-order valence-corrected chi connectivity index (χ0v) is 15.4. The molecule has 1 heterocycles. The topological polar surface area (TPSA) is 89.6 Å². The minimum absolute atomic E-state index is 0.173. The van der Waals surface area contributed by atoms with Crippen molar-refractivity contribution < 1.29 is 19.1 Å². The van der Waals surface area contributed by atoms with Gasteiger partial charge in [0.2, 0.25) is 11.8 Å². The van der Waals surface area contributed by atoms with Crippen LogP contribution in [0.25, 0.3) is 0 Å². The Morgan fingerprint density at radius 1 is 1.15 bits per heavy atom. The zero-order valence-electron chi connectivity index (χ0n) is 13.9. The number of nitrogens with zero attached hydrogens (tertiary/aromatic N) is 1. The van der Waals surface area contributed by atoms with Crippen LogP contribution in [-0.2, 0) is 4.79 Å². The van der Waals surface area contributed by atoms with Gasteiger partial charge in [-0.3, -0.25) is 20.4 Å². The lowest BCUT2D eigenvalue weighted by atomic mass is 10.3. The Hall–Kier alpha value is -2.51. The molecule has 1 aromatic heterocycles. The molecule has 0 bridgehead atoms. The van der Waals surface area contributed by atoms with Gasteiger partial charge in [-0.15, -0.1) is 0 Å². The number of carbonyl (C=O) groups excluding carboxylic acids is 2. The van der Waals surface area contributed by atoms with E-state index in [9.17, 15) is 9.59 Å². The molecule has 2 amide bonds. The van der Waals surface area contributed by atoms with Crippen LogP contribution >= 0.6 is 23.2 Å². The van der Waals surface area contributed by atoms with Gasteiger partial charge in [0.15, 0.2) is 0 Å². The number of carbonyl (C=O) groups is 2. The molecule has 7 nitrogen and oxygen atoms in total. The van der Waals surface area contributed by atoms with E-state index in [2.05, 4.69) is 15.8 Å². The lowest BCUT2D eigenvalue weighted by Gasteiger charge is -2.09. The van der Waals surface area contributed by atoms with Gasteiger partial charge >= 0.3 is 0 Å². The Labute approximate surface area is 160 Å². The van der Waals surface area contributed by atoms with Gasteiger partial charge in [0.25, 0.3) is 5.91 Å². The van der Waals surface area contributed by atoms with Crippen LogP contribution in [0.5, 0.6) is 11.6 Å². The van der Waals surface area contributed by atoms with Gasteiger partial charge < -0.3 is 9.47 Å². The lowest BCUT2D eigenvalue weighted by molar-refractivity contribution is -0.122. The van der Waals surface area contributed by atoms with E-state index in [1.807, 2.05) is 0 Å². The number of aromatic nitrogens is 1. The number of amides is 2. The van der Waals surface area contributed by atoms with Gasteiger partial charge in [0, 0.05) is 23.7 Å². The summed E-state index contributed by atoms with van der Waals surface area (Å²) in [5.41, 5.74) is 4.94. The third-order valence-corrected chi connectivity index (χ3v) is 3.75. The normalized spacial score (nSPS) is 10.1. The monoisotopic (exact) mass is 397 g/mol. The minimum atomic E-state index is -0.474. The maximum absolute atomic E-state index is 11.9. The van der Waals surface area contributed by atoms with Gasteiger partial charge in [0.05, 0.1) is 24.3 Å². The van der Waals surface area contributed by atoms with E-state index in [1.54, 1.807) is 24.3 Å². The van der Waals surface area contributed by atoms with Crippen LogP contribution in [-0.4, -0.2) is 30.5 Å². The number of pyridine rings is 1. The first-order valence-electron chi connectivity index (χ1n) is 7.66. The Balaban J connectivity index is 1.67. The number of halogens is 2. The van der Waals surface area contributed by atoms with Crippen molar-refractivity contribution in [3.63, 3.8) is 0 Å². The molecule has 2 N–H and O–H groups in total. The molecule has 9 heteroatoms. The van der Waals surface area contributed by atoms with Crippen LogP contribution in [0.2, 0.25) is 10.0 Å². The Kier molecular flexibility index (Phi) is 7.50. The molecule has 2 rings (SSSR count). The van der Waals surface area contributed by atoms with E-state index in [0.29, 0.717) is 40.3 Å². The third-order valence-electron chi connectivity index (χ3n) is 3.22. The first kappa shape index (κ1) is 19.8. The summed E-state index contributed by atoms with van der Waals surface area (Å²) in [7, 11) is 1.48. The molecule has 0 aliphatic rings. The van der Waals surface area contributed by atoms with Crippen LogP contribution in [0.4, 0.5) is 0 Å². The van der Waals surface area contributed by atoms with E-state index in [-0.39, 0.29) is 12.3 Å². The van der Waals surface area contributed by atoms with Crippen molar-refractivity contribution in [3.8, 4) is 11.6 Å². The van der Waals surface area contributed by atoms with E-state index in [1.165, 1.54) is 19.4 Å². The number of hydrogen-bond donors (Lipinski definition) is 2. The highest BCUT2D eigenvalue weighted by Crippen LogP contribution is 2.27. The van der Waals surface area contributed by atoms with Crippen molar-refractivity contribution in [2.45, 2.75) is 12.8 Å². The predicted octanol–water partition coefficient (Wildman–Crippen LogP) is 3.02. The second-order valence-corrected chi connectivity index (χ2v) is 5.96. The Morgan fingerprint density at radius 3 is 2.62 bits per heavy atom. The summed E-state index contributed by atoms with van der Waals surface area (Å²) in [6, 6.07) is 7.99. The molecule has 0 aliphatic carbocycles. The zero-order chi connectivity index (χ0) is 18.9. The summed E-state index contributed by atoms with van der Waals surface area (Å²) in [5, 5.41) is 0.923. The molecule has 0 fully saturated rings. The van der Waals surface area contributed by atoms with Crippen LogP contribution < -0.4 is 20.3 Å². The van der Waals surface area contributed by atoms with E-state index < -0.39 is 5.91 Å². The molecule has 0 saturated heterocycles. The number of rotatable bonds is 7. The highest BCUT2D eigenvalue weighted by atomic mass is 35.5. The summed E-state index contributed by atoms with van der Waals surface area (Å²) in [6.07, 6.45) is 1.97. The first-order chi connectivity index (χ1) is 12.5. The van der Waals surface area contributed by atoms with E-state index >= 15 is 0 Å². The second-order valence-electron chi connectivity index (χ2n) is 5.12. The smallest absolute Gasteiger partial charge is 0.271 e. The number of hydrogen-bond acceptors (Lipinski definition) is 5. The van der Waals surface area contributed by atoms with Gasteiger partial charge in [0.1, 0.15) is 5.75 Å². The molecular weight excluding hydrogens is 381 g/mol. The van der Waals surface area contributed by atoms with Gasteiger partial charge in [-0.25, -0.2) is 4.98 Å². The van der Waals surface area contributed by atoms with Crippen LogP contribution in [0, 0.1) is 0 Å². The van der Waals surface area contributed by atoms with E-state index in [0.717, 1.165) is 0 Å². The summed E-state index contributed by atoms with van der Waals surface area (Å²) in [6.45, 7) is 0.297. The van der Waals surface area contributed by atoms with Crippen molar-refractivity contribution in [2.24, 2.45) is 0 Å². The molecule has 0 unspecified atom stereocenters. The van der Waals surface area contributed by atoms with Crippen molar-refractivity contribution in [1.29, 1.82) is 0 Å². The average molecular weight is 398 g/mol. The molecule has 26 heavy (non-hydrogen) atoms. The third kappa shape index (κ3) is 6.09. The fourth-order valence-corrected chi connectivity index (χ4v) is 2.37. The largest absolute Gasteiger partial charge is 0.492 e. The lowest BCUT2D eigenvalue weighted by Crippen LogP contribution is -2.41. The Bertz CT molecular complexity index is 769. The summed E-state index contributed by atoms with van der Waals surface area (Å²) in [4.78, 5) is 27.5. The summed E-state index contributed by atoms with van der Waals surface area (Å²) in [5.74, 6) is 0.0754. The van der Waals surface area contributed by atoms with Gasteiger partial charge in [-0.2, -0.15) is 0 Å². The fraction of sp³-hybridized carbons (Fsp3) is 0.235. The molecule has 1 aromatic carbocycles. The number of hydrazine groups is 1. The molecule has 0 aliphatic heterocycles. The maximum Gasteiger partial charge on any atom is 0.271 e. The quantitative estimate of drug-likeness (QED) is 0.553. The van der Waals surface area contributed by atoms with Crippen molar-refractivity contribution in [3.05, 3.63) is 52.1 Å². The van der Waals surface area contributed by atoms with Crippen molar-refractivity contribution >= 4 is 35.0 Å². The van der Waals surface area contributed by atoms with E-state index in [4.69, 9.17) is 32.7 Å². The van der Waals surface area contributed by atoms with Crippen molar-refractivity contribution in [1.82, 2.24) is 15.8 Å². The summed E-state index contributed by atoms with van der Waals surface area (Å²) < 4.78 is 10.4. The van der Waals surface area contributed by atoms with Crippen LogP contribution in [0.3, 0.4) is 0 Å². The molecule has 0 radical (unpaired) electrons. The van der Waals surface area contributed by atoms with Crippen LogP contribution in [0.1, 0.15) is 23.2 Å². The second kappa shape index (κ2) is 9.84. The number of ether oxygens (including phenoxy) is 2. The average Bonchev–Trinajstić information content (AvgIpc) is 2.64. The van der Waals surface area contributed by atoms with Crippen molar-refractivity contribution in [2.75, 3.05) is 13.7 Å². The first-order valence-corrected chi connectivity index (χ1v) is 8.42. The molecule has 0 saturated carbocycles. The number of nitrogens with one attached hydrogen (secondary N) is 2. The maximum atomic E-state index is 11.9. The molecule has 0 spiro atoms. The van der Waals surface area contributed by atoms with Gasteiger partial charge in [-0.1, -0.05) is 23.2 Å². The molecule has 2 aromatic rings. The predicted molar refractivity (Wildman–Crippen MR) is 97.6 cm³/mol. The van der Waals surface area contributed by atoms with Crippen LogP contribution in [0.15, 0.2) is 36.5 Å². The highest BCUT2D eigenvalue weighted by molar-refractivity contribution is 6.35. The fourth-order valence-electron chi connectivity index (χ4n) is 1.90. The summed E-state index contributed by atoms with van der Waals surface area (Å²) >= 11 is 11.8. The molecule has 0 atom stereocenters. The molecule has 138 valence electrons. The SMILES string of the molecule is COc1ccc(C(=O)NNC(=O)CCCOc2ccc(Cl)cc2Cl)cn1. The minimum Gasteiger partial charge on any atom is -0.492 e. The molecular formula is C17H17Cl2N3O4.